The van der Waals surface area contributed by atoms with Crippen LogP contribution in [0.5, 0.6) is 0 Å². The normalized spacial score (nSPS) is 13.7. The van der Waals surface area contributed by atoms with E-state index in [9.17, 15) is 4.79 Å². The van der Waals surface area contributed by atoms with Gasteiger partial charge in [-0.1, -0.05) is 6.92 Å². The quantitative estimate of drug-likeness (QED) is 0.614. The molecule has 0 radical (unpaired) electrons. The van der Waals surface area contributed by atoms with E-state index in [-0.39, 0.29) is 24.6 Å². The van der Waals surface area contributed by atoms with Crippen molar-refractivity contribution in [3.63, 3.8) is 0 Å². The van der Waals surface area contributed by atoms with Crippen LogP contribution in [0.25, 0.3) is 0 Å². The number of nitrogens with zero attached hydrogens (tertiary/aromatic N) is 1. The summed E-state index contributed by atoms with van der Waals surface area (Å²) in [6, 6.07) is -0.0308. The van der Waals surface area contributed by atoms with Crippen molar-refractivity contribution < 1.29 is 9.90 Å². The highest BCUT2D eigenvalue weighted by atomic mass is 16.3. The van der Waals surface area contributed by atoms with Crippen LogP contribution in [0.3, 0.4) is 0 Å². The largest absolute Gasteiger partial charge is 0.395 e. The number of amides is 1. The molecule has 0 saturated carbocycles. The van der Waals surface area contributed by atoms with Crippen molar-refractivity contribution in [2.45, 2.75) is 39.3 Å². The predicted molar refractivity (Wildman–Crippen MR) is 52.2 cm³/mol. The number of nitrogens with two attached hydrogens (primary N) is 1. The molecule has 1 amide bonds. The van der Waals surface area contributed by atoms with Crippen LogP contribution in [0.2, 0.25) is 0 Å². The monoisotopic (exact) mass is 188 g/mol. The molecule has 0 rings (SSSR count). The van der Waals surface area contributed by atoms with Gasteiger partial charge in [0.1, 0.15) is 0 Å². The van der Waals surface area contributed by atoms with Gasteiger partial charge in [-0.05, 0) is 20.3 Å². The lowest BCUT2D eigenvalue weighted by Crippen LogP contribution is -2.48. The number of aliphatic hydroxyl groups is 1. The summed E-state index contributed by atoms with van der Waals surface area (Å²) in [4.78, 5) is 13.0. The van der Waals surface area contributed by atoms with Crippen LogP contribution < -0.4 is 5.73 Å². The zero-order chi connectivity index (χ0) is 10.4. The molecule has 0 bridgehead atoms. The number of hydrogen-bond donors (Lipinski definition) is 2. The summed E-state index contributed by atoms with van der Waals surface area (Å²) in [7, 11) is 0. The van der Waals surface area contributed by atoms with E-state index in [4.69, 9.17) is 10.8 Å². The van der Waals surface area contributed by atoms with E-state index in [2.05, 4.69) is 0 Å². The summed E-state index contributed by atoms with van der Waals surface area (Å²) in [5.41, 5.74) is 5.25. The van der Waals surface area contributed by atoms with E-state index < -0.39 is 0 Å². The second-order valence-corrected chi connectivity index (χ2v) is 3.38. The average Bonchev–Trinajstić information content (AvgIpc) is 2.03. The maximum Gasteiger partial charge on any atom is 0.234 e. The first-order valence-electron chi connectivity index (χ1n) is 4.70. The van der Waals surface area contributed by atoms with Gasteiger partial charge in [-0.15, -0.1) is 0 Å². The number of rotatable bonds is 6. The van der Waals surface area contributed by atoms with Crippen molar-refractivity contribution in [1.82, 2.24) is 4.90 Å². The highest BCUT2D eigenvalue weighted by Gasteiger charge is 2.23. The van der Waals surface area contributed by atoms with Gasteiger partial charge in [-0.3, -0.25) is 9.69 Å². The number of hydrogen-bond acceptors (Lipinski definition) is 3. The smallest absolute Gasteiger partial charge is 0.234 e. The Labute approximate surface area is 79.7 Å². The van der Waals surface area contributed by atoms with Crippen molar-refractivity contribution in [3.05, 3.63) is 0 Å². The molecule has 0 spiro atoms. The van der Waals surface area contributed by atoms with Gasteiger partial charge in [0.15, 0.2) is 0 Å². The van der Waals surface area contributed by atoms with Crippen LogP contribution in [0.1, 0.15) is 27.2 Å². The Bertz CT molecular complexity index is 160. The summed E-state index contributed by atoms with van der Waals surface area (Å²) < 4.78 is 0. The standard InChI is InChI=1S/C9H20N2O2/c1-4-8(9(10)13)11(5-6-12)7(2)3/h7-8,12H,4-6H2,1-3H3,(H2,10,13). The molecular weight excluding hydrogens is 168 g/mol. The first-order chi connectivity index (χ1) is 6.04. The molecule has 0 aromatic carbocycles. The van der Waals surface area contributed by atoms with Crippen molar-refractivity contribution in [3.8, 4) is 0 Å². The first kappa shape index (κ1) is 12.4. The Balaban J connectivity index is 4.38. The molecule has 1 unspecified atom stereocenters. The van der Waals surface area contributed by atoms with E-state index in [1.807, 2.05) is 25.7 Å². The Morgan fingerprint density at radius 1 is 1.54 bits per heavy atom. The zero-order valence-electron chi connectivity index (χ0n) is 8.66. The van der Waals surface area contributed by atoms with E-state index in [1.165, 1.54) is 0 Å². The topological polar surface area (TPSA) is 66.6 Å². The number of carbonyl (C=O) groups excluding carboxylic acids is 1. The van der Waals surface area contributed by atoms with Crippen LogP contribution in [-0.4, -0.2) is 41.1 Å². The minimum atomic E-state index is -0.315. The van der Waals surface area contributed by atoms with Gasteiger partial charge in [0.2, 0.25) is 5.91 Å². The molecule has 0 aliphatic carbocycles. The van der Waals surface area contributed by atoms with Crippen LogP contribution in [0.15, 0.2) is 0 Å². The Kier molecular flexibility index (Phi) is 5.66. The molecule has 0 aromatic heterocycles. The maximum atomic E-state index is 11.1. The summed E-state index contributed by atoms with van der Waals surface area (Å²) in [5.74, 6) is -0.315. The second kappa shape index (κ2) is 5.94. The van der Waals surface area contributed by atoms with Gasteiger partial charge in [0.25, 0.3) is 0 Å². The number of carbonyl (C=O) groups is 1. The van der Waals surface area contributed by atoms with Crippen LogP contribution >= 0.6 is 0 Å². The summed E-state index contributed by atoms with van der Waals surface area (Å²) in [5, 5.41) is 8.82. The minimum Gasteiger partial charge on any atom is -0.395 e. The van der Waals surface area contributed by atoms with Gasteiger partial charge in [0.05, 0.1) is 12.6 Å². The van der Waals surface area contributed by atoms with Gasteiger partial charge in [0, 0.05) is 12.6 Å². The molecule has 4 heteroatoms. The Morgan fingerprint density at radius 2 is 2.08 bits per heavy atom. The SMILES string of the molecule is CCC(C(N)=O)N(CCO)C(C)C. The van der Waals surface area contributed by atoms with Gasteiger partial charge < -0.3 is 10.8 Å². The molecule has 0 saturated heterocycles. The fourth-order valence-corrected chi connectivity index (χ4v) is 1.49. The predicted octanol–water partition coefficient (Wildman–Crippen LogP) is -0.0470. The van der Waals surface area contributed by atoms with Crippen LogP contribution in [0, 0.1) is 0 Å². The molecule has 78 valence electrons. The van der Waals surface area contributed by atoms with Crippen molar-refractivity contribution in [2.75, 3.05) is 13.2 Å². The summed E-state index contributed by atoms with van der Waals surface area (Å²) in [6.07, 6.45) is 0.688. The minimum absolute atomic E-state index is 0.0575. The number of primary amides is 1. The van der Waals surface area contributed by atoms with Gasteiger partial charge >= 0.3 is 0 Å². The lowest BCUT2D eigenvalue weighted by molar-refractivity contribution is -0.124. The highest BCUT2D eigenvalue weighted by molar-refractivity contribution is 5.79. The fraction of sp³-hybridized carbons (Fsp3) is 0.889. The zero-order valence-corrected chi connectivity index (χ0v) is 8.66. The highest BCUT2D eigenvalue weighted by Crippen LogP contribution is 2.07. The van der Waals surface area contributed by atoms with Gasteiger partial charge in [-0.25, -0.2) is 0 Å². The molecule has 0 aliphatic heterocycles. The third-order valence-corrected chi connectivity index (χ3v) is 2.14. The molecule has 0 heterocycles. The molecule has 13 heavy (non-hydrogen) atoms. The van der Waals surface area contributed by atoms with Crippen molar-refractivity contribution in [1.29, 1.82) is 0 Å². The third kappa shape index (κ3) is 3.74. The summed E-state index contributed by atoms with van der Waals surface area (Å²) >= 11 is 0. The van der Waals surface area contributed by atoms with E-state index in [0.717, 1.165) is 0 Å². The van der Waals surface area contributed by atoms with Crippen molar-refractivity contribution >= 4 is 5.91 Å². The molecule has 1 atom stereocenters. The fourth-order valence-electron chi connectivity index (χ4n) is 1.49. The second-order valence-electron chi connectivity index (χ2n) is 3.38. The van der Waals surface area contributed by atoms with E-state index in [1.54, 1.807) is 0 Å². The average molecular weight is 188 g/mol. The Morgan fingerprint density at radius 3 is 2.31 bits per heavy atom. The molecular formula is C9H20N2O2. The molecule has 0 aromatic rings. The number of aliphatic hydroxyl groups excluding tert-OH is 1. The maximum absolute atomic E-state index is 11.1. The van der Waals surface area contributed by atoms with Gasteiger partial charge in [-0.2, -0.15) is 0 Å². The lowest BCUT2D eigenvalue weighted by atomic mass is 10.1. The summed E-state index contributed by atoms with van der Waals surface area (Å²) in [6.45, 7) is 6.45. The third-order valence-electron chi connectivity index (χ3n) is 2.14. The van der Waals surface area contributed by atoms with Crippen LogP contribution in [0.4, 0.5) is 0 Å². The lowest BCUT2D eigenvalue weighted by Gasteiger charge is -2.31. The molecule has 4 nitrogen and oxygen atoms in total. The molecule has 0 fully saturated rings. The molecule has 0 aliphatic rings. The van der Waals surface area contributed by atoms with E-state index >= 15 is 0 Å². The first-order valence-corrected chi connectivity index (χ1v) is 4.70. The van der Waals surface area contributed by atoms with E-state index in [0.29, 0.717) is 13.0 Å². The Hall–Kier alpha value is -0.610. The van der Waals surface area contributed by atoms with Crippen LogP contribution in [-0.2, 0) is 4.79 Å². The molecule has 3 N–H and O–H groups in total. The van der Waals surface area contributed by atoms with Crippen molar-refractivity contribution in [2.24, 2.45) is 5.73 Å².